The number of ether oxygens (including phenoxy) is 1. The van der Waals surface area contributed by atoms with Crippen molar-refractivity contribution in [1.82, 2.24) is 0 Å². The molecule has 0 aromatic carbocycles. The van der Waals surface area contributed by atoms with Gasteiger partial charge >= 0.3 is 0 Å². The van der Waals surface area contributed by atoms with Crippen LogP contribution in [0.4, 0.5) is 0 Å². The first kappa shape index (κ1) is 21.1. The topological polar surface area (TPSA) is 26.3 Å². The van der Waals surface area contributed by atoms with Gasteiger partial charge in [-0.15, -0.1) is 0 Å². The Balaban J connectivity index is 4.22. The average molecular weight is 309 g/mol. The summed E-state index contributed by atoms with van der Waals surface area (Å²) in [6, 6.07) is 0. The van der Waals surface area contributed by atoms with E-state index >= 15 is 0 Å². The van der Waals surface area contributed by atoms with Crippen molar-refractivity contribution in [1.29, 1.82) is 0 Å². The van der Waals surface area contributed by atoms with Crippen molar-refractivity contribution in [2.75, 3.05) is 6.61 Å². The molecule has 0 amide bonds. The Morgan fingerprint density at radius 2 is 1.91 bits per heavy atom. The quantitative estimate of drug-likeness (QED) is 0.333. The van der Waals surface area contributed by atoms with Crippen LogP contribution in [0.2, 0.25) is 0 Å². The summed E-state index contributed by atoms with van der Waals surface area (Å²) in [4.78, 5) is 11.0. The van der Waals surface area contributed by atoms with Crippen LogP contribution < -0.4 is 0 Å². The van der Waals surface area contributed by atoms with Gasteiger partial charge in [-0.3, -0.25) is 4.79 Å². The van der Waals surface area contributed by atoms with Crippen molar-refractivity contribution in [3.8, 4) is 0 Å². The molecule has 0 saturated carbocycles. The third-order valence-electron chi connectivity index (χ3n) is 4.42. The van der Waals surface area contributed by atoms with E-state index in [1.807, 2.05) is 6.92 Å². The molecule has 0 bridgehead atoms. The number of carbonyl (C=O) groups is 1. The Hall–Kier alpha value is -0.890. The molecule has 0 spiro atoms. The Bertz CT molecular complexity index is 368. The highest BCUT2D eigenvalue weighted by Gasteiger charge is 2.21. The second-order valence-corrected chi connectivity index (χ2v) is 6.54. The first-order chi connectivity index (χ1) is 10.4. The van der Waals surface area contributed by atoms with Gasteiger partial charge in [-0.2, -0.15) is 0 Å². The highest BCUT2D eigenvalue weighted by Crippen LogP contribution is 2.26. The lowest BCUT2D eigenvalue weighted by atomic mass is 9.90. The Kier molecular flexibility index (Phi) is 11.2. The van der Waals surface area contributed by atoms with E-state index in [0.29, 0.717) is 0 Å². The first-order valence-electron chi connectivity index (χ1n) is 8.86. The smallest absolute Gasteiger partial charge is 0.152 e. The van der Waals surface area contributed by atoms with Gasteiger partial charge in [0, 0.05) is 6.61 Å². The number of ketones is 1. The van der Waals surface area contributed by atoms with Crippen molar-refractivity contribution < 1.29 is 9.53 Å². The second kappa shape index (κ2) is 11.6. The molecule has 0 aliphatic carbocycles. The predicted molar refractivity (Wildman–Crippen MR) is 96.1 cm³/mol. The molecule has 0 aromatic heterocycles. The predicted octanol–water partition coefficient (Wildman–Crippen LogP) is 5.87. The first-order valence-corrected chi connectivity index (χ1v) is 8.86. The van der Waals surface area contributed by atoms with Gasteiger partial charge < -0.3 is 4.74 Å². The van der Waals surface area contributed by atoms with Crippen molar-refractivity contribution in [3.63, 3.8) is 0 Å². The van der Waals surface area contributed by atoms with Gasteiger partial charge in [0.05, 0.1) is 5.60 Å². The van der Waals surface area contributed by atoms with Gasteiger partial charge in [0.1, 0.15) is 0 Å². The maximum atomic E-state index is 11.0. The zero-order valence-corrected chi connectivity index (χ0v) is 15.6. The van der Waals surface area contributed by atoms with E-state index < -0.39 is 0 Å². The van der Waals surface area contributed by atoms with Gasteiger partial charge in [-0.05, 0) is 64.5 Å². The Labute approximate surface area is 138 Å². The monoisotopic (exact) mass is 308 g/mol. The highest BCUT2D eigenvalue weighted by atomic mass is 16.5. The van der Waals surface area contributed by atoms with Crippen LogP contribution >= 0.6 is 0 Å². The zero-order valence-electron chi connectivity index (χ0n) is 15.6. The summed E-state index contributed by atoms with van der Waals surface area (Å²) >= 11 is 0. The van der Waals surface area contributed by atoms with Gasteiger partial charge in [-0.25, -0.2) is 0 Å². The molecule has 0 radical (unpaired) electrons. The molecule has 2 heteroatoms. The molecule has 0 aliphatic rings. The van der Waals surface area contributed by atoms with E-state index in [1.54, 1.807) is 13.0 Å². The standard InChI is InChI=1S/C20H36O2/c1-7-19(13-10-12-17(4)16-18(5)21)14-11-15-20(6,8-2)22-9-3/h10,12,16,19H,7-9,11,13-15H2,1-6H3/b12-10+,17-16+. The minimum absolute atomic E-state index is 0.0453. The van der Waals surface area contributed by atoms with E-state index in [2.05, 4.69) is 39.8 Å². The molecular weight excluding hydrogens is 272 g/mol. The minimum Gasteiger partial charge on any atom is -0.376 e. The molecule has 0 rings (SSSR count). The number of hydrogen-bond donors (Lipinski definition) is 0. The zero-order chi connectivity index (χ0) is 17.0. The third-order valence-corrected chi connectivity index (χ3v) is 4.42. The molecular formula is C20H36O2. The molecule has 2 atom stereocenters. The fourth-order valence-electron chi connectivity index (χ4n) is 2.77. The molecule has 0 aliphatic heterocycles. The number of allylic oxidation sites excluding steroid dienone is 4. The van der Waals surface area contributed by atoms with Crippen molar-refractivity contribution in [2.24, 2.45) is 5.92 Å². The summed E-state index contributed by atoms with van der Waals surface area (Å²) < 4.78 is 5.89. The summed E-state index contributed by atoms with van der Waals surface area (Å²) in [6.07, 6.45) is 13.0. The van der Waals surface area contributed by atoms with E-state index in [-0.39, 0.29) is 11.4 Å². The molecule has 0 saturated heterocycles. The summed E-state index contributed by atoms with van der Waals surface area (Å²) in [5.74, 6) is 0.841. The van der Waals surface area contributed by atoms with Crippen LogP contribution in [0, 0.1) is 5.92 Å². The van der Waals surface area contributed by atoms with Gasteiger partial charge in [0.25, 0.3) is 0 Å². The summed E-state index contributed by atoms with van der Waals surface area (Å²) in [5, 5.41) is 0. The number of carbonyl (C=O) groups excluding carboxylic acids is 1. The van der Waals surface area contributed by atoms with E-state index in [4.69, 9.17) is 4.74 Å². The normalized spacial score (nSPS) is 16.7. The highest BCUT2D eigenvalue weighted by molar-refractivity contribution is 5.88. The van der Waals surface area contributed by atoms with Gasteiger partial charge in [-0.1, -0.05) is 45.3 Å². The molecule has 0 aromatic rings. The minimum atomic E-state index is 0.0453. The molecule has 0 heterocycles. The van der Waals surface area contributed by atoms with Crippen molar-refractivity contribution in [2.45, 2.75) is 85.7 Å². The molecule has 128 valence electrons. The molecule has 2 nitrogen and oxygen atoms in total. The van der Waals surface area contributed by atoms with Gasteiger partial charge in [0.15, 0.2) is 5.78 Å². The summed E-state index contributed by atoms with van der Waals surface area (Å²) in [6.45, 7) is 13.1. The van der Waals surface area contributed by atoms with Crippen molar-refractivity contribution >= 4 is 5.78 Å². The van der Waals surface area contributed by atoms with Crippen LogP contribution in [-0.4, -0.2) is 18.0 Å². The maximum absolute atomic E-state index is 11.0. The number of rotatable bonds is 12. The Morgan fingerprint density at radius 3 is 2.41 bits per heavy atom. The molecule has 2 unspecified atom stereocenters. The maximum Gasteiger partial charge on any atom is 0.152 e. The van der Waals surface area contributed by atoms with Crippen LogP contribution in [-0.2, 0) is 9.53 Å². The average Bonchev–Trinajstić information content (AvgIpc) is 2.45. The van der Waals surface area contributed by atoms with Crippen LogP contribution in [0.15, 0.2) is 23.8 Å². The molecule has 0 fully saturated rings. The van der Waals surface area contributed by atoms with E-state index in [9.17, 15) is 4.79 Å². The fraction of sp³-hybridized carbons (Fsp3) is 0.750. The van der Waals surface area contributed by atoms with Crippen LogP contribution in [0.3, 0.4) is 0 Å². The fourth-order valence-corrected chi connectivity index (χ4v) is 2.77. The lowest BCUT2D eigenvalue weighted by molar-refractivity contribution is -0.112. The SMILES string of the molecule is CCOC(C)(CC)CCCC(CC)C/C=C/C(C)=C/C(C)=O. The largest absolute Gasteiger partial charge is 0.376 e. The lowest BCUT2D eigenvalue weighted by Crippen LogP contribution is -2.27. The van der Waals surface area contributed by atoms with Gasteiger partial charge in [0.2, 0.25) is 0 Å². The third kappa shape index (κ3) is 9.94. The van der Waals surface area contributed by atoms with Crippen LogP contribution in [0.25, 0.3) is 0 Å². The second-order valence-electron chi connectivity index (χ2n) is 6.54. The van der Waals surface area contributed by atoms with E-state index in [0.717, 1.165) is 37.4 Å². The van der Waals surface area contributed by atoms with Crippen LogP contribution in [0.1, 0.15) is 80.1 Å². The van der Waals surface area contributed by atoms with E-state index in [1.165, 1.54) is 19.3 Å². The molecule has 0 N–H and O–H groups in total. The van der Waals surface area contributed by atoms with Crippen molar-refractivity contribution in [3.05, 3.63) is 23.8 Å². The van der Waals surface area contributed by atoms with Crippen LogP contribution in [0.5, 0.6) is 0 Å². The summed E-state index contributed by atoms with van der Waals surface area (Å²) in [5.41, 5.74) is 1.08. The molecule has 22 heavy (non-hydrogen) atoms. The summed E-state index contributed by atoms with van der Waals surface area (Å²) in [7, 11) is 0. The lowest BCUT2D eigenvalue weighted by Gasteiger charge is -2.28. The Morgan fingerprint density at radius 1 is 1.23 bits per heavy atom. The number of hydrogen-bond acceptors (Lipinski definition) is 2.